The fourth-order valence-corrected chi connectivity index (χ4v) is 4.69. The molecule has 9 heteroatoms. The smallest absolute Gasteiger partial charge is 0.410 e. The number of ether oxygens (including phenoxy) is 1. The van der Waals surface area contributed by atoms with Gasteiger partial charge in [-0.15, -0.1) is 0 Å². The number of nitrogens with zero attached hydrogens (tertiary/aromatic N) is 2. The molecule has 0 saturated carbocycles. The number of aromatic amines is 2. The summed E-state index contributed by atoms with van der Waals surface area (Å²) in [5.41, 5.74) is 3.97. The van der Waals surface area contributed by atoms with Crippen LogP contribution in [0.3, 0.4) is 0 Å². The van der Waals surface area contributed by atoms with Crippen LogP contribution in [0.25, 0.3) is 11.0 Å². The Kier molecular flexibility index (Phi) is 6.29. The quantitative estimate of drug-likeness (QED) is 0.383. The van der Waals surface area contributed by atoms with E-state index < -0.39 is 0 Å². The Morgan fingerprint density at radius 1 is 1.09 bits per heavy atom. The number of hydrogen-bond acceptors (Lipinski definition) is 5. The Hall–Kier alpha value is -3.69. The molecule has 0 spiro atoms. The largest absolute Gasteiger partial charge is 0.445 e. The van der Waals surface area contributed by atoms with Gasteiger partial charge in [0.2, 0.25) is 0 Å². The van der Waals surface area contributed by atoms with Gasteiger partial charge in [0, 0.05) is 25.8 Å². The maximum atomic E-state index is 13.1. The van der Waals surface area contributed by atoms with E-state index in [0.29, 0.717) is 36.5 Å². The van der Waals surface area contributed by atoms with Crippen molar-refractivity contribution in [1.82, 2.24) is 24.8 Å². The van der Waals surface area contributed by atoms with Gasteiger partial charge in [-0.3, -0.25) is 14.7 Å². The second-order valence-corrected chi connectivity index (χ2v) is 8.62. The molecule has 2 aromatic carbocycles. The molecule has 1 aliphatic rings. The molecule has 1 atom stereocenters. The van der Waals surface area contributed by atoms with E-state index in [-0.39, 0.29) is 24.3 Å². The molecule has 5 rings (SSSR count). The van der Waals surface area contributed by atoms with E-state index in [2.05, 4.69) is 15.3 Å². The minimum atomic E-state index is -0.334. The molecule has 0 bridgehead atoms. The van der Waals surface area contributed by atoms with E-state index >= 15 is 0 Å². The summed E-state index contributed by atoms with van der Waals surface area (Å²) in [7, 11) is 0. The van der Waals surface area contributed by atoms with Crippen LogP contribution in [-0.4, -0.2) is 45.2 Å². The predicted octanol–water partition coefficient (Wildman–Crippen LogP) is 3.72. The van der Waals surface area contributed by atoms with Gasteiger partial charge < -0.3 is 19.6 Å². The topological polar surface area (TPSA) is 95.2 Å². The van der Waals surface area contributed by atoms with Crippen LogP contribution in [-0.2, 0) is 17.9 Å². The number of aromatic nitrogens is 3. The standard InChI is InChI=1S/C25H25N5O3S/c31-23-22-20(10-11-27-22)30(24(34)28-23)15-18-8-4-5-9-19(18)21-14-26-12-13-29(21)25(32)33-16-17-6-2-1-3-7-17/h1-11,21,26-27H,12-16H2,(H,28,31,34). The van der Waals surface area contributed by atoms with Gasteiger partial charge in [-0.2, -0.15) is 0 Å². The Bertz CT molecular complexity index is 1430. The third-order valence-electron chi connectivity index (χ3n) is 6.13. The number of rotatable bonds is 5. The molecule has 1 amide bonds. The molecule has 1 fully saturated rings. The second kappa shape index (κ2) is 9.66. The van der Waals surface area contributed by atoms with E-state index in [1.54, 1.807) is 11.1 Å². The Morgan fingerprint density at radius 2 is 1.88 bits per heavy atom. The van der Waals surface area contributed by atoms with Gasteiger partial charge in [0.1, 0.15) is 12.1 Å². The van der Waals surface area contributed by atoms with Crippen molar-refractivity contribution in [3.8, 4) is 0 Å². The summed E-state index contributed by atoms with van der Waals surface area (Å²) in [5, 5.41) is 3.40. The van der Waals surface area contributed by atoms with Crippen molar-refractivity contribution in [3.63, 3.8) is 0 Å². The molecule has 0 aliphatic carbocycles. The summed E-state index contributed by atoms with van der Waals surface area (Å²) >= 11 is 5.47. The number of carbonyl (C=O) groups excluding carboxylic acids is 1. The van der Waals surface area contributed by atoms with Crippen molar-refractivity contribution in [1.29, 1.82) is 0 Å². The highest BCUT2D eigenvalue weighted by atomic mass is 32.1. The third kappa shape index (κ3) is 4.40. The number of nitrogens with one attached hydrogen (secondary N) is 3. The minimum absolute atomic E-state index is 0.188. The molecule has 2 aromatic heterocycles. The van der Waals surface area contributed by atoms with Crippen molar-refractivity contribution in [3.05, 3.63) is 98.7 Å². The molecule has 174 valence electrons. The summed E-state index contributed by atoms with van der Waals surface area (Å²) in [4.78, 5) is 32.8. The van der Waals surface area contributed by atoms with E-state index in [1.807, 2.05) is 65.2 Å². The summed E-state index contributed by atoms with van der Waals surface area (Å²) in [6.07, 6.45) is 1.39. The Labute approximate surface area is 201 Å². The van der Waals surface area contributed by atoms with Gasteiger partial charge in [0.05, 0.1) is 18.1 Å². The normalized spacial score (nSPS) is 16.0. The lowest BCUT2D eigenvalue weighted by atomic mass is 9.97. The van der Waals surface area contributed by atoms with Crippen molar-refractivity contribution in [2.75, 3.05) is 19.6 Å². The highest BCUT2D eigenvalue weighted by Gasteiger charge is 2.30. The molecule has 1 aliphatic heterocycles. The highest BCUT2D eigenvalue weighted by molar-refractivity contribution is 7.71. The van der Waals surface area contributed by atoms with Crippen molar-refractivity contribution >= 4 is 29.3 Å². The second-order valence-electron chi connectivity index (χ2n) is 8.24. The van der Waals surface area contributed by atoms with Crippen LogP contribution in [0, 0.1) is 4.77 Å². The molecular formula is C25H25N5O3S. The van der Waals surface area contributed by atoms with E-state index in [1.165, 1.54) is 0 Å². The molecule has 3 heterocycles. The van der Waals surface area contributed by atoms with Gasteiger partial charge in [0.15, 0.2) is 4.77 Å². The highest BCUT2D eigenvalue weighted by Crippen LogP contribution is 2.27. The van der Waals surface area contributed by atoms with Crippen LogP contribution in [0.15, 0.2) is 71.7 Å². The molecule has 4 aromatic rings. The van der Waals surface area contributed by atoms with Crippen LogP contribution in [0.4, 0.5) is 4.79 Å². The van der Waals surface area contributed by atoms with Gasteiger partial charge in [-0.1, -0.05) is 54.6 Å². The number of amides is 1. The van der Waals surface area contributed by atoms with Crippen LogP contribution in [0.2, 0.25) is 0 Å². The number of piperazine rings is 1. The van der Waals surface area contributed by atoms with E-state index in [0.717, 1.165) is 22.2 Å². The first kappa shape index (κ1) is 22.1. The number of benzene rings is 2. The molecule has 1 saturated heterocycles. The molecule has 3 N–H and O–H groups in total. The third-order valence-corrected chi connectivity index (χ3v) is 6.46. The van der Waals surface area contributed by atoms with Crippen molar-refractivity contribution in [2.45, 2.75) is 19.2 Å². The zero-order valence-electron chi connectivity index (χ0n) is 18.5. The summed E-state index contributed by atoms with van der Waals surface area (Å²) in [6, 6.07) is 19.3. The van der Waals surface area contributed by atoms with Crippen LogP contribution >= 0.6 is 12.2 Å². The van der Waals surface area contributed by atoms with E-state index in [9.17, 15) is 9.59 Å². The number of hydrogen-bond donors (Lipinski definition) is 3. The van der Waals surface area contributed by atoms with Gasteiger partial charge in [0.25, 0.3) is 5.56 Å². The number of fused-ring (bicyclic) bond motifs is 1. The van der Waals surface area contributed by atoms with Gasteiger partial charge >= 0.3 is 6.09 Å². The zero-order valence-corrected chi connectivity index (χ0v) is 19.3. The zero-order chi connectivity index (χ0) is 23.5. The summed E-state index contributed by atoms with van der Waals surface area (Å²) in [5.74, 6) is 0. The van der Waals surface area contributed by atoms with Crippen LogP contribution in [0.1, 0.15) is 22.7 Å². The molecule has 1 unspecified atom stereocenters. The lowest BCUT2D eigenvalue weighted by Gasteiger charge is -2.36. The molecule has 34 heavy (non-hydrogen) atoms. The SMILES string of the molecule is O=C(OCc1ccccc1)N1CCNCC1c1ccccc1Cn1c(=S)[nH]c(=O)c2[nH]ccc21. The maximum absolute atomic E-state index is 13.1. The van der Waals surface area contributed by atoms with Crippen LogP contribution in [0.5, 0.6) is 0 Å². The lowest BCUT2D eigenvalue weighted by Crippen LogP contribution is -2.49. The predicted molar refractivity (Wildman–Crippen MR) is 132 cm³/mol. The minimum Gasteiger partial charge on any atom is -0.445 e. The van der Waals surface area contributed by atoms with Gasteiger partial charge in [-0.25, -0.2) is 4.79 Å². The number of carbonyl (C=O) groups is 1. The maximum Gasteiger partial charge on any atom is 0.410 e. The molecule has 0 radical (unpaired) electrons. The fraction of sp³-hybridized carbons (Fsp3) is 0.240. The summed E-state index contributed by atoms with van der Waals surface area (Å²) < 4.78 is 7.90. The van der Waals surface area contributed by atoms with Crippen molar-refractivity contribution < 1.29 is 9.53 Å². The molecular weight excluding hydrogens is 450 g/mol. The van der Waals surface area contributed by atoms with Crippen LogP contribution < -0.4 is 10.9 Å². The first-order chi connectivity index (χ1) is 16.6. The average Bonchev–Trinajstić information content (AvgIpc) is 3.37. The first-order valence-corrected chi connectivity index (χ1v) is 11.6. The lowest BCUT2D eigenvalue weighted by molar-refractivity contribution is 0.0718. The fourth-order valence-electron chi connectivity index (χ4n) is 4.44. The summed E-state index contributed by atoms with van der Waals surface area (Å²) in [6.45, 7) is 2.56. The Morgan fingerprint density at radius 3 is 2.74 bits per heavy atom. The monoisotopic (exact) mass is 475 g/mol. The Balaban J connectivity index is 1.43. The number of H-pyrrole nitrogens is 2. The van der Waals surface area contributed by atoms with Gasteiger partial charge in [-0.05, 0) is 35.0 Å². The first-order valence-electron chi connectivity index (χ1n) is 11.2. The average molecular weight is 476 g/mol. The molecule has 8 nitrogen and oxygen atoms in total. The van der Waals surface area contributed by atoms with Crippen molar-refractivity contribution in [2.24, 2.45) is 0 Å². The van der Waals surface area contributed by atoms with E-state index in [4.69, 9.17) is 17.0 Å².